The molecule has 0 amide bonds. The number of methoxy groups -OCH3 is 1. The van der Waals surface area contributed by atoms with Gasteiger partial charge in [0.2, 0.25) is 0 Å². The molecule has 0 spiro atoms. The van der Waals surface area contributed by atoms with E-state index in [0.29, 0.717) is 29.0 Å². The third-order valence-electron chi connectivity index (χ3n) is 7.10. The van der Waals surface area contributed by atoms with Crippen LogP contribution in [0.3, 0.4) is 0 Å². The first kappa shape index (κ1) is 13.9. The molecule has 0 saturated heterocycles. The van der Waals surface area contributed by atoms with Crippen molar-refractivity contribution in [1.29, 1.82) is 0 Å². The van der Waals surface area contributed by atoms with Gasteiger partial charge in [0, 0.05) is 24.6 Å². The van der Waals surface area contributed by atoms with Crippen LogP contribution in [0, 0.1) is 22.2 Å². The highest BCUT2D eigenvalue weighted by Crippen LogP contribution is 2.63. The summed E-state index contributed by atoms with van der Waals surface area (Å²) in [5.41, 5.74) is 1.27. The van der Waals surface area contributed by atoms with E-state index in [1.165, 1.54) is 25.7 Å². The van der Waals surface area contributed by atoms with Gasteiger partial charge in [-0.05, 0) is 42.4 Å². The smallest absolute Gasteiger partial charge is 0.0652 e. The summed E-state index contributed by atoms with van der Waals surface area (Å²) in [7, 11) is 1.85. The van der Waals surface area contributed by atoms with E-state index in [9.17, 15) is 0 Å². The molecule has 110 valence electrons. The van der Waals surface area contributed by atoms with Crippen LogP contribution in [0.2, 0.25) is 0 Å². The van der Waals surface area contributed by atoms with Gasteiger partial charge in [0.05, 0.1) is 6.10 Å². The fourth-order valence-electron chi connectivity index (χ4n) is 5.49. The van der Waals surface area contributed by atoms with E-state index in [4.69, 9.17) is 4.74 Å². The van der Waals surface area contributed by atoms with Gasteiger partial charge in [-0.3, -0.25) is 0 Å². The topological polar surface area (TPSA) is 21.3 Å². The van der Waals surface area contributed by atoms with Crippen LogP contribution in [0.15, 0.2) is 0 Å². The molecule has 3 fully saturated rings. The van der Waals surface area contributed by atoms with Gasteiger partial charge in [-0.15, -0.1) is 0 Å². The van der Waals surface area contributed by atoms with Crippen LogP contribution in [0.1, 0.15) is 60.3 Å². The van der Waals surface area contributed by atoms with E-state index in [1.807, 2.05) is 7.11 Å². The minimum absolute atomic E-state index is 0.281. The predicted molar refractivity (Wildman–Crippen MR) is 79.1 cm³/mol. The number of hydrogen-bond donors (Lipinski definition) is 1. The number of fused-ring (bicyclic) bond motifs is 2. The maximum absolute atomic E-state index is 5.60. The SMILES string of the molecule is COC1CC(NC2C3(C)CCC(C3)C2(C)C)C1(C)C. The third kappa shape index (κ3) is 1.75. The van der Waals surface area contributed by atoms with Gasteiger partial charge in [-0.1, -0.05) is 34.6 Å². The minimum atomic E-state index is 0.281. The first-order valence-corrected chi connectivity index (χ1v) is 8.00. The van der Waals surface area contributed by atoms with E-state index in [2.05, 4.69) is 39.9 Å². The quantitative estimate of drug-likeness (QED) is 0.842. The first-order chi connectivity index (χ1) is 8.72. The third-order valence-corrected chi connectivity index (χ3v) is 7.10. The molecule has 0 heterocycles. The van der Waals surface area contributed by atoms with E-state index in [1.54, 1.807) is 0 Å². The van der Waals surface area contributed by atoms with Crippen LogP contribution in [0.5, 0.6) is 0 Å². The maximum Gasteiger partial charge on any atom is 0.0652 e. The van der Waals surface area contributed by atoms with Crippen molar-refractivity contribution in [2.24, 2.45) is 22.2 Å². The van der Waals surface area contributed by atoms with Crippen molar-refractivity contribution in [2.75, 3.05) is 7.11 Å². The summed E-state index contributed by atoms with van der Waals surface area (Å²) in [5.74, 6) is 0.927. The Balaban J connectivity index is 1.74. The summed E-state index contributed by atoms with van der Waals surface area (Å²) in [6, 6.07) is 1.30. The van der Waals surface area contributed by atoms with Crippen LogP contribution in [0.4, 0.5) is 0 Å². The molecule has 0 aromatic rings. The number of hydrogen-bond acceptors (Lipinski definition) is 2. The summed E-state index contributed by atoms with van der Waals surface area (Å²) >= 11 is 0. The molecule has 5 atom stereocenters. The highest BCUT2D eigenvalue weighted by atomic mass is 16.5. The second kappa shape index (κ2) is 3.98. The molecule has 2 bridgehead atoms. The Morgan fingerprint density at radius 1 is 1.05 bits per heavy atom. The van der Waals surface area contributed by atoms with Crippen molar-refractivity contribution in [3.05, 3.63) is 0 Å². The highest BCUT2D eigenvalue weighted by Gasteiger charge is 2.61. The van der Waals surface area contributed by atoms with Gasteiger partial charge in [0.1, 0.15) is 0 Å². The summed E-state index contributed by atoms with van der Waals surface area (Å²) in [4.78, 5) is 0. The molecule has 0 aromatic heterocycles. The molecule has 1 N–H and O–H groups in total. The Morgan fingerprint density at radius 3 is 2.21 bits per heavy atom. The molecular formula is C17H31NO. The van der Waals surface area contributed by atoms with Crippen molar-refractivity contribution >= 4 is 0 Å². The Bertz CT molecular complexity index is 371. The zero-order valence-electron chi connectivity index (χ0n) is 13.5. The zero-order chi connectivity index (χ0) is 14.1. The molecule has 19 heavy (non-hydrogen) atoms. The van der Waals surface area contributed by atoms with Crippen LogP contribution >= 0.6 is 0 Å². The molecular weight excluding hydrogens is 234 g/mol. The largest absolute Gasteiger partial charge is 0.381 e. The fourth-order valence-corrected chi connectivity index (χ4v) is 5.49. The molecule has 3 rings (SSSR count). The van der Waals surface area contributed by atoms with Crippen LogP contribution in [0.25, 0.3) is 0 Å². The van der Waals surface area contributed by atoms with Crippen molar-refractivity contribution in [1.82, 2.24) is 5.32 Å². The molecule has 0 aliphatic heterocycles. The molecule has 3 aliphatic carbocycles. The van der Waals surface area contributed by atoms with Gasteiger partial charge in [-0.2, -0.15) is 0 Å². The van der Waals surface area contributed by atoms with Gasteiger partial charge in [-0.25, -0.2) is 0 Å². The number of rotatable bonds is 3. The summed E-state index contributed by atoms with van der Waals surface area (Å²) < 4.78 is 5.60. The first-order valence-electron chi connectivity index (χ1n) is 8.00. The highest BCUT2D eigenvalue weighted by molar-refractivity contribution is 5.15. The maximum atomic E-state index is 5.60. The molecule has 5 unspecified atom stereocenters. The van der Waals surface area contributed by atoms with Gasteiger partial charge < -0.3 is 10.1 Å². The van der Waals surface area contributed by atoms with E-state index >= 15 is 0 Å². The van der Waals surface area contributed by atoms with Crippen LogP contribution in [-0.4, -0.2) is 25.3 Å². The number of nitrogens with one attached hydrogen (secondary N) is 1. The second-order valence-corrected chi connectivity index (χ2v) is 8.85. The number of ether oxygens (including phenoxy) is 1. The van der Waals surface area contributed by atoms with E-state index < -0.39 is 0 Å². The zero-order valence-corrected chi connectivity index (χ0v) is 13.5. The summed E-state index contributed by atoms with van der Waals surface area (Å²) in [6.07, 6.45) is 5.89. The molecule has 0 radical (unpaired) electrons. The minimum Gasteiger partial charge on any atom is -0.381 e. The lowest BCUT2D eigenvalue weighted by atomic mass is 9.62. The lowest BCUT2D eigenvalue weighted by Crippen LogP contribution is -2.66. The molecule has 2 heteroatoms. The summed E-state index contributed by atoms with van der Waals surface area (Å²) in [6.45, 7) is 12.2. The van der Waals surface area contributed by atoms with Gasteiger partial charge >= 0.3 is 0 Å². The van der Waals surface area contributed by atoms with Crippen LogP contribution in [-0.2, 0) is 4.74 Å². The average molecular weight is 265 g/mol. The Labute approximate surface area is 118 Å². The van der Waals surface area contributed by atoms with Gasteiger partial charge in [0.15, 0.2) is 0 Å². The average Bonchev–Trinajstić information content (AvgIpc) is 2.78. The molecule has 3 saturated carbocycles. The van der Waals surface area contributed by atoms with Crippen molar-refractivity contribution in [3.63, 3.8) is 0 Å². The fraction of sp³-hybridized carbons (Fsp3) is 1.00. The monoisotopic (exact) mass is 265 g/mol. The van der Waals surface area contributed by atoms with Gasteiger partial charge in [0.25, 0.3) is 0 Å². The Hall–Kier alpha value is -0.0800. The second-order valence-electron chi connectivity index (χ2n) is 8.85. The lowest BCUT2D eigenvalue weighted by Gasteiger charge is -2.55. The molecule has 0 aromatic carbocycles. The normalized spacial score (nSPS) is 50.2. The van der Waals surface area contributed by atoms with E-state index in [0.717, 1.165) is 5.92 Å². The van der Waals surface area contributed by atoms with Crippen molar-refractivity contribution < 1.29 is 4.74 Å². The molecule has 3 aliphatic rings. The Morgan fingerprint density at radius 2 is 1.74 bits per heavy atom. The standard InChI is InChI=1S/C17H31NO/c1-15(2)11-7-8-17(5,10-11)14(15)18-12-9-13(19-6)16(12,3)4/h11-14,18H,7-10H2,1-6H3. The Kier molecular flexibility index (Phi) is 2.91. The predicted octanol–water partition coefficient (Wildman–Crippen LogP) is 3.60. The summed E-state index contributed by atoms with van der Waals surface area (Å²) in [5, 5.41) is 4.05. The van der Waals surface area contributed by atoms with Crippen LogP contribution < -0.4 is 5.32 Å². The lowest BCUT2D eigenvalue weighted by molar-refractivity contribution is -0.109. The van der Waals surface area contributed by atoms with Crippen molar-refractivity contribution in [3.8, 4) is 0 Å². The van der Waals surface area contributed by atoms with Crippen molar-refractivity contribution in [2.45, 2.75) is 78.5 Å². The van der Waals surface area contributed by atoms with E-state index in [-0.39, 0.29) is 5.41 Å². The molecule has 2 nitrogen and oxygen atoms in total.